The van der Waals surface area contributed by atoms with Gasteiger partial charge in [0.15, 0.2) is 0 Å². The third-order valence-electron chi connectivity index (χ3n) is 3.67. The summed E-state index contributed by atoms with van der Waals surface area (Å²) >= 11 is 5.80. The van der Waals surface area contributed by atoms with E-state index < -0.39 is 9.84 Å². The monoisotopic (exact) mass is 398 g/mol. The lowest BCUT2D eigenvalue weighted by Crippen LogP contribution is -2.08. The molecule has 0 spiro atoms. The Balaban J connectivity index is 1.70. The van der Waals surface area contributed by atoms with Gasteiger partial charge in [-0.05, 0) is 66.2 Å². The van der Waals surface area contributed by atoms with E-state index in [-0.39, 0.29) is 15.7 Å². The second kappa shape index (κ2) is 8.16. The van der Waals surface area contributed by atoms with Gasteiger partial charge in [-0.1, -0.05) is 17.7 Å². The van der Waals surface area contributed by atoms with Gasteiger partial charge < -0.3 is 5.32 Å². The zero-order valence-corrected chi connectivity index (χ0v) is 15.6. The molecular formula is C20H15ClN2O3S. The second-order valence-electron chi connectivity index (χ2n) is 5.59. The maximum atomic E-state index is 12.6. The van der Waals surface area contributed by atoms with E-state index in [1.807, 2.05) is 6.07 Å². The third kappa shape index (κ3) is 4.81. The van der Waals surface area contributed by atoms with Gasteiger partial charge in [-0.3, -0.25) is 9.78 Å². The Kier molecular flexibility index (Phi) is 5.69. The lowest BCUT2D eigenvalue weighted by Gasteiger charge is -2.07. The number of rotatable bonds is 5. The van der Waals surface area contributed by atoms with Crippen molar-refractivity contribution in [1.82, 2.24) is 4.98 Å². The van der Waals surface area contributed by atoms with Gasteiger partial charge >= 0.3 is 0 Å². The first-order chi connectivity index (χ1) is 12.9. The van der Waals surface area contributed by atoms with E-state index in [0.29, 0.717) is 10.7 Å². The Morgan fingerprint density at radius 1 is 0.963 bits per heavy atom. The van der Waals surface area contributed by atoms with E-state index in [1.54, 1.807) is 36.7 Å². The van der Waals surface area contributed by atoms with Crippen LogP contribution in [0.2, 0.25) is 5.02 Å². The van der Waals surface area contributed by atoms with Crippen molar-refractivity contribution in [1.29, 1.82) is 0 Å². The predicted molar refractivity (Wildman–Crippen MR) is 105 cm³/mol. The van der Waals surface area contributed by atoms with Crippen LogP contribution in [0.3, 0.4) is 0 Å². The number of amides is 1. The molecule has 1 amide bonds. The van der Waals surface area contributed by atoms with Crippen LogP contribution in [0.4, 0.5) is 5.69 Å². The fourth-order valence-corrected chi connectivity index (χ4v) is 3.68. The molecule has 1 aromatic heterocycles. The number of aromatic nitrogens is 1. The first-order valence-electron chi connectivity index (χ1n) is 7.95. The molecule has 0 saturated heterocycles. The van der Waals surface area contributed by atoms with E-state index in [4.69, 9.17) is 11.6 Å². The minimum absolute atomic E-state index is 0.133. The Bertz CT molecular complexity index is 1060. The van der Waals surface area contributed by atoms with Crippen molar-refractivity contribution >= 4 is 39.1 Å². The Morgan fingerprint density at radius 2 is 1.59 bits per heavy atom. The highest BCUT2D eigenvalue weighted by molar-refractivity contribution is 7.91. The maximum absolute atomic E-state index is 12.6. The van der Waals surface area contributed by atoms with Crippen LogP contribution in [-0.2, 0) is 14.6 Å². The average Bonchev–Trinajstić information content (AvgIpc) is 2.68. The van der Waals surface area contributed by atoms with Crippen LogP contribution in [0, 0.1) is 0 Å². The molecule has 1 heterocycles. The number of benzene rings is 2. The van der Waals surface area contributed by atoms with Crippen LogP contribution in [-0.4, -0.2) is 19.3 Å². The van der Waals surface area contributed by atoms with Crippen LogP contribution in [0.15, 0.2) is 88.9 Å². The zero-order valence-electron chi connectivity index (χ0n) is 14.0. The SMILES string of the molecule is O=C(/C=C/c1cccnc1)Nc1ccc(S(=O)(=O)c2ccc(Cl)cc2)cc1. The molecule has 5 nitrogen and oxygen atoms in total. The molecule has 2 aromatic carbocycles. The van der Waals surface area contributed by atoms with E-state index in [9.17, 15) is 13.2 Å². The molecule has 3 aromatic rings. The van der Waals surface area contributed by atoms with Gasteiger partial charge in [-0.25, -0.2) is 8.42 Å². The van der Waals surface area contributed by atoms with Crippen LogP contribution < -0.4 is 5.32 Å². The van der Waals surface area contributed by atoms with Crippen molar-refractivity contribution in [3.05, 3.63) is 89.7 Å². The minimum Gasteiger partial charge on any atom is -0.323 e. The summed E-state index contributed by atoms with van der Waals surface area (Å²) in [6, 6.07) is 15.5. The Labute approximate surface area is 162 Å². The molecule has 0 atom stereocenters. The summed E-state index contributed by atoms with van der Waals surface area (Å²) < 4.78 is 25.2. The van der Waals surface area contributed by atoms with Crippen molar-refractivity contribution in [2.24, 2.45) is 0 Å². The van der Waals surface area contributed by atoms with E-state index in [0.717, 1.165) is 5.56 Å². The van der Waals surface area contributed by atoms with Crippen LogP contribution >= 0.6 is 11.6 Å². The van der Waals surface area contributed by atoms with Crippen LogP contribution in [0.5, 0.6) is 0 Å². The summed E-state index contributed by atoms with van der Waals surface area (Å²) in [6.07, 6.45) is 6.31. The smallest absolute Gasteiger partial charge is 0.248 e. The summed E-state index contributed by atoms with van der Waals surface area (Å²) in [6.45, 7) is 0. The molecule has 136 valence electrons. The van der Waals surface area contributed by atoms with Crippen molar-refractivity contribution in [2.45, 2.75) is 9.79 Å². The standard InChI is InChI=1S/C20H15ClN2O3S/c21-16-4-8-18(9-5-16)27(25,26)19-10-6-17(7-11-19)23-20(24)12-3-15-2-1-13-22-14-15/h1-14H,(H,23,24)/b12-3+. The zero-order chi connectivity index (χ0) is 19.3. The fourth-order valence-electron chi connectivity index (χ4n) is 2.30. The maximum Gasteiger partial charge on any atom is 0.248 e. The predicted octanol–water partition coefficient (Wildman–Crippen LogP) is 4.22. The highest BCUT2D eigenvalue weighted by Crippen LogP contribution is 2.23. The highest BCUT2D eigenvalue weighted by Gasteiger charge is 2.17. The molecule has 27 heavy (non-hydrogen) atoms. The number of carbonyl (C=O) groups excluding carboxylic acids is 1. The molecule has 1 N–H and O–H groups in total. The largest absolute Gasteiger partial charge is 0.323 e. The van der Waals surface area contributed by atoms with Crippen molar-refractivity contribution in [2.75, 3.05) is 5.32 Å². The molecular weight excluding hydrogens is 384 g/mol. The number of sulfone groups is 1. The number of pyridine rings is 1. The summed E-state index contributed by atoms with van der Waals surface area (Å²) in [7, 11) is -3.64. The fraction of sp³-hybridized carbons (Fsp3) is 0. The first-order valence-corrected chi connectivity index (χ1v) is 9.81. The van der Waals surface area contributed by atoms with Gasteiger partial charge in [0.05, 0.1) is 9.79 Å². The molecule has 0 bridgehead atoms. The molecule has 0 unspecified atom stereocenters. The molecule has 0 saturated carbocycles. The second-order valence-corrected chi connectivity index (χ2v) is 7.98. The van der Waals surface area contributed by atoms with Crippen LogP contribution in [0.25, 0.3) is 6.08 Å². The minimum atomic E-state index is -3.64. The Hall–Kier alpha value is -2.96. The van der Waals surface area contributed by atoms with Gasteiger partial charge in [0, 0.05) is 29.2 Å². The highest BCUT2D eigenvalue weighted by atomic mass is 35.5. The number of nitrogens with one attached hydrogen (secondary N) is 1. The quantitative estimate of drug-likeness (QED) is 0.653. The molecule has 0 aliphatic rings. The number of anilines is 1. The lowest BCUT2D eigenvalue weighted by molar-refractivity contribution is -0.111. The molecule has 0 aliphatic heterocycles. The van der Waals surface area contributed by atoms with Gasteiger partial charge in [-0.15, -0.1) is 0 Å². The summed E-state index contributed by atoms with van der Waals surface area (Å²) in [5.41, 5.74) is 1.29. The lowest BCUT2D eigenvalue weighted by atomic mass is 10.2. The number of hydrogen-bond acceptors (Lipinski definition) is 4. The topological polar surface area (TPSA) is 76.1 Å². The number of halogens is 1. The Morgan fingerprint density at radius 3 is 2.19 bits per heavy atom. The molecule has 0 aliphatic carbocycles. The van der Waals surface area contributed by atoms with Crippen molar-refractivity contribution < 1.29 is 13.2 Å². The summed E-state index contributed by atoms with van der Waals surface area (Å²) in [4.78, 5) is 16.2. The third-order valence-corrected chi connectivity index (χ3v) is 5.71. The molecule has 3 rings (SSSR count). The van der Waals surface area contributed by atoms with Gasteiger partial charge in [0.2, 0.25) is 15.7 Å². The van der Waals surface area contributed by atoms with Crippen molar-refractivity contribution in [3.63, 3.8) is 0 Å². The summed E-state index contributed by atoms with van der Waals surface area (Å²) in [5.74, 6) is -0.327. The number of hydrogen-bond donors (Lipinski definition) is 1. The van der Waals surface area contributed by atoms with E-state index in [1.165, 1.54) is 42.5 Å². The molecule has 0 radical (unpaired) electrons. The normalized spacial score (nSPS) is 11.4. The molecule has 0 fully saturated rings. The van der Waals surface area contributed by atoms with E-state index >= 15 is 0 Å². The van der Waals surface area contributed by atoms with Gasteiger partial charge in [-0.2, -0.15) is 0 Å². The summed E-state index contributed by atoms with van der Waals surface area (Å²) in [5, 5.41) is 3.14. The number of carbonyl (C=O) groups is 1. The first kappa shape index (κ1) is 18.8. The number of nitrogens with zero attached hydrogens (tertiary/aromatic N) is 1. The van der Waals surface area contributed by atoms with E-state index in [2.05, 4.69) is 10.3 Å². The van der Waals surface area contributed by atoms with Crippen molar-refractivity contribution in [3.8, 4) is 0 Å². The van der Waals surface area contributed by atoms with Gasteiger partial charge in [0.1, 0.15) is 0 Å². The van der Waals surface area contributed by atoms with Crippen LogP contribution in [0.1, 0.15) is 5.56 Å². The van der Waals surface area contributed by atoms with Gasteiger partial charge in [0.25, 0.3) is 0 Å². The molecule has 7 heteroatoms. The average molecular weight is 399 g/mol.